The van der Waals surface area contributed by atoms with E-state index in [0.29, 0.717) is 0 Å². The van der Waals surface area contributed by atoms with E-state index < -0.39 is 0 Å². The van der Waals surface area contributed by atoms with Gasteiger partial charge in [0, 0.05) is 57.3 Å². The Kier molecular flexibility index (Phi) is 8.63. The molecule has 0 unspecified atom stereocenters. The third-order valence-electron chi connectivity index (χ3n) is 2.99. The molecule has 0 saturated carbocycles. The van der Waals surface area contributed by atoms with Crippen LogP contribution in [0.25, 0.3) is 11.4 Å². The number of aromatic amines is 1. The minimum absolute atomic E-state index is 0.794. The Balaban J connectivity index is 0.000000177. The number of halogens is 3. The Morgan fingerprint density at radius 2 is 1.75 bits per heavy atom. The van der Waals surface area contributed by atoms with E-state index in [4.69, 9.17) is 11.6 Å². The van der Waals surface area contributed by atoms with E-state index in [2.05, 4.69) is 76.5 Å². The monoisotopic (exact) mass is 747 g/mol. The van der Waals surface area contributed by atoms with Crippen molar-refractivity contribution in [3.05, 3.63) is 69.0 Å². The Morgan fingerprint density at radius 3 is 2.25 bits per heavy atom. The molecule has 1 N–H and O–H groups in total. The van der Waals surface area contributed by atoms with Crippen molar-refractivity contribution in [3.63, 3.8) is 0 Å². The fourth-order valence-electron chi connectivity index (χ4n) is 1.84. The second-order valence-electron chi connectivity index (χ2n) is 4.83. The van der Waals surface area contributed by atoms with Crippen LogP contribution in [0.2, 0.25) is 5.02 Å². The van der Waals surface area contributed by atoms with E-state index in [1.54, 1.807) is 0 Å². The number of benzene rings is 2. The van der Waals surface area contributed by atoms with Gasteiger partial charge < -0.3 is 0 Å². The normalized spacial score (nSPS) is 10.5. The van der Waals surface area contributed by atoms with Crippen LogP contribution in [-0.2, 0) is 32.9 Å². The van der Waals surface area contributed by atoms with Crippen LogP contribution in [0, 0.1) is 3.80 Å². The molecule has 0 aliphatic carbocycles. The third kappa shape index (κ3) is 6.71. The van der Waals surface area contributed by atoms with Gasteiger partial charge in [0.15, 0.2) is 0 Å². The van der Waals surface area contributed by atoms with Crippen molar-refractivity contribution in [1.29, 1.82) is 0 Å². The molecule has 2 aromatic carbocycles. The number of hydrogen-bond acceptors (Lipinski definition) is 2. The van der Waals surface area contributed by atoms with Crippen LogP contribution in [0.15, 0.2) is 54.6 Å². The molecule has 1 heterocycles. The zero-order valence-corrected chi connectivity index (χ0v) is 20.0. The van der Waals surface area contributed by atoms with Gasteiger partial charge in [0.25, 0.3) is 0 Å². The molecule has 0 radical (unpaired) electrons. The van der Waals surface area contributed by atoms with Gasteiger partial charge in [-0.15, -0.1) is 0 Å². The van der Waals surface area contributed by atoms with Gasteiger partial charge in [0.1, 0.15) is 0 Å². The Labute approximate surface area is 185 Å². The molecule has 1 aromatic heterocycles. The van der Waals surface area contributed by atoms with Crippen molar-refractivity contribution < 1.29 is 19.4 Å². The molecule has 0 atom stereocenters. The zero-order chi connectivity index (χ0) is 17.5. The molecule has 0 saturated heterocycles. The Morgan fingerprint density at radius 1 is 1.12 bits per heavy atom. The fourth-order valence-corrected chi connectivity index (χ4v) is 3.13. The molecule has 0 spiro atoms. The molecule has 0 aliphatic rings. The van der Waals surface area contributed by atoms with Gasteiger partial charge in [-0.2, -0.15) is 1.33 Å². The maximum absolute atomic E-state index is 5.73. The Bertz CT molecular complexity index is 816. The molecule has 0 amide bonds. The summed E-state index contributed by atoms with van der Waals surface area (Å²) in [5.74, 6) is 0.910. The summed E-state index contributed by atoms with van der Waals surface area (Å²) >= 11 is 12.4. The van der Waals surface area contributed by atoms with E-state index in [1.807, 2.05) is 66.3 Å². The number of nitrogens with one attached hydrogen (secondary N) is 1. The first kappa shape index (κ1) is 20.3. The molecule has 0 aliphatic heterocycles. The van der Waals surface area contributed by atoms with Gasteiger partial charge in [-0.3, -0.25) is 0 Å². The first-order valence-electron chi connectivity index (χ1n) is 6.93. The van der Waals surface area contributed by atoms with Gasteiger partial charge in [0.2, 0.25) is 0 Å². The molecule has 0 fully saturated rings. The van der Waals surface area contributed by atoms with Crippen LogP contribution in [-0.4, -0.2) is 16.1 Å². The van der Waals surface area contributed by atoms with E-state index in [-0.39, 0.29) is 0 Å². The predicted octanol–water partition coefficient (Wildman–Crippen LogP) is 5.34. The average molecular weight is 748 g/mol. The number of nitrogens with zero attached hydrogens (tertiary/aromatic N) is 3. The summed E-state index contributed by atoms with van der Waals surface area (Å²) in [6, 6.07) is 18.0. The van der Waals surface area contributed by atoms with Crippen LogP contribution >= 0.6 is 57.3 Å². The molecule has 0 bridgehead atoms. The summed E-state index contributed by atoms with van der Waals surface area (Å²) in [5, 5.41) is 3.95. The molecule has 3 aromatic rings. The van der Waals surface area contributed by atoms with E-state index in [9.17, 15) is 0 Å². The minimum atomic E-state index is 0.794. The third-order valence-corrected chi connectivity index (χ3v) is 4.94. The van der Waals surface area contributed by atoms with Crippen molar-refractivity contribution in [1.82, 2.24) is 16.1 Å². The van der Waals surface area contributed by atoms with E-state index >= 15 is 0 Å². The van der Waals surface area contributed by atoms with Crippen molar-refractivity contribution in [2.45, 2.75) is 6.54 Å². The van der Waals surface area contributed by atoms with Crippen molar-refractivity contribution in [3.8, 4) is 11.4 Å². The maximum atomic E-state index is 5.73. The summed E-state index contributed by atoms with van der Waals surface area (Å²) in [7, 11) is 1.95. The molecule has 3 rings (SSSR count). The number of H-pyrrole nitrogens is 1. The fraction of sp³-hybridized carbons (Fsp3) is 0.125. The molecule has 130 valence electrons. The number of hydrogen-bond donors (Lipinski definition) is 1. The quantitative estimate of drug-likeness (QED) is 0.291. The topological polar surface area (TPSA) is 36.9 Å². The first-order chi connectivity index (χ1) is 11.5. The summed E-state index contributed by atoms with van der Waals surface area (Å²) in [6.45, 7) is 0.943. The van der Waals surface area contributed by atoms with Crippen LogP contribution < -0.4 is 0 Å². The van der Waals surface area contributed by atoms with Gasteiger partial charge in [-0.25, -0.2) is 0 Å². The van der Waals surface area contributed by atoms with Gasteiger partial charge in [-0.05, 0) is 17.7 Å². The van der Waals surface area contributed by atoms with Crippen LogP contribution in [0.4, 0.5) is 0 Å². The summed E-state index contributed by atoms with van der Waals surface area (Å²) in [6.07, 6.45) is 0. The molecular formula is C16H15ClI2N4Pt. The predicted molar refractivity (Wildman–Crippen MR) is 111 cm³/mol. The summed E-state index contributed by atoms with van der Waals surface area (Å²) < 4.78 is 4.92. The average Bonchev–Trinajstić information content (AvgIpc) is 2.90. The van der Waals surface area contributed by atoms with E-state index in [0.717, 1.165) is 26.8 Å². The zero-order valence-electron chi connectivity index (χ0n) is 12.7. The number of aryl methyl sites for hydroxylation is 1. The van der Waals surface area contributed by atoms with E-state index in [1.165, 1.54) is 5.56 Å². The first-order valence-corrected chi connectivity index (χ1v) is 10.4. The van der Waals surface area contributed by atoms with Crippen LogP contribution in [0.3, 0.4) is 0 Å². The molecule has 4 nitrogen and oxygen atoms in total. The molecule has 24 heavy (non-hydrogen) atoms. The summed E-state index contributed by atoms with van der Waals surface area (Å²) in [4.78, 5) is 4.38. The second kappa shape index (κ2) is 10.2. The van der Waals surface area contributed by atoms with Gasteiger partial charge >= 0.3 is 86.7 Å². The van der Waals surface area contributed by atoms with Crippen LogP contribution in [0.5, 0.6) is 0 Å². The number of rotatable bonds is 3. The van der Waals surface area contributed by atoms with Crippen LogP contribution in [0.1, 0.15) is 5.56 Å². The molecule has 8 heteroatoms. The Hall–Kier alpha value is -0.0217. The van der Waals surface area contributed by atoms with Gasteiger partial charge in [0.05, 0.1) is 0 Å². The van der Waals surface area contributed by atoms with Crippen molar-refractivity contribution in [2.24, 2.45) is 7.05 Å². The molecular weight excluding hydrogens is 733 g/mol. The number of aromatic nitrogens is 3. The SMILES string of the molecule is Clc1ccc(CN(I)I)cc1.Cn1[nH]c(-c2ccccc2)n[c]1=[Pt]. The second-order valence-corrected chi connectivity index (χ2v) is 10.5. The van der Waals surface area contributed by atoms with Crippen molar-refractivity contribution >= 4 is 57.3 Å². The van der Waals surface area contributed by atoms with Gasteiger partial charge in [-0.1, -0.05) is 23.7 Å². The van der Waals surface area contributed by atoms with Crippen molar-refractivity contribution in [2.75, 3.05) is 0 Å². The standard InChI is InChI=1S/C9H9N3.C7H6ClI2N.Pt/c1-12-7-10-9(11-12)8-5-3-2-4-6-8;8-7-3-1-6(2-4-7)5-11(9)10;/h2-6H,1H3,(H,10,11);1-4H,5H2;. The summed E-state index contributed by atoms with van der Waals surface area (Å²) in [5.41, 5.74) is 2.39.